The number of anilines is 1. The molecule has 0 aliphatic carbocycles. The molecule has 0 unspecified atom stereocenters. The van der Waals surface area contributed by atoms with E-state index >= 15 is 0 Å². The molecule has 0 fully saturated rings. The Kier molecular flexibility index (Phi) is 5.31. The van der Waals surface area contributed by atoms with E-state index in [2.05, 4.69) is 5.32 Å². The molecule has 0 aliphatic rings. The first-order valence-electron chi connectivity index (χ1n) is 9.64. The lowest BCUT2D eigenvalue weighted by Gasteiger charge is -2.13. The number of benzene rings is 3. The number of para-hydroxylation sites is 1. The van der Waals surface area contributed by atoms with Crippen LogP contribution in [0.15, 0.2) is 77.7 Å². The van der Waals surface area contributed by atoms with Gasteiger partial charge in [-0.3, -0.25) is 4.79 Å². The lowest BCUT2D eigenvalue weighted by molar-refractivity contribution is 0.102. The highest BCUT2D eigenvalue weighted by Gasteiger charge is 2.17. The second-order valence-corrected chi connectivity index (χ2v) is 8.98. The summed E-state index contributed by atoms with van der Waals surface area (Å²) in [6.45, 7) is 3.78. The standard InChI is InChI=1S/C24H21N3O3S/c1-15-6-5-7-17(12-15)23-14-20(19-8-3-4-9-21(19)26-23)24(28)27-22-13-18(31(25,29)30)11-10-16(22)2/h3-14H,1-2H3,(H,27,28)(H2,25,29,30). The molecule has 3 N–H and O–H groups in total. The number of sulfonamides is 1. The van der Waals surface area contributed by atoms with Gasteiger partial charge in [-0.05, 0) is 49.7 Å². The lowest BCUT2D eigenvalue weighted by Crippen LogP contribution is -2.16. The zero-order valence-electron chi connectivity index (χ0n) is 17.1. The number of fused-ring (bicyclic) bond motifs is 1. The van der Waals surface area contributed by atoms with Crippen molar-refractivity contribution in [2.75, 3.05) is 5.32 Å². The van der Waals surface area contributed by atoms with Crippen molar-refractivity contribution in [1.82, 2.24) is 4.98 Å². The van der Waals surface area contributed by atoms with Crippen molar-refractivity contribution >= 4 is 32.5 Å². The first-order valence-corrected chi connectivity index (χ1v) is 11.2. The van der Waals surface area contributed by atoms with Crippen molar-refractivity contribution in [2.24, 2.45) is 5.14 Å². The highest BCUT2D eigenvalue weighted by Crippen LogP contribution is 2.27. The summed E-state index contributed by atoms with van der Waals surface area (Å²) in [4.78, 5) is 17.9. The van der Waals surface area contributed by atoms with Gasteiger partial charge in [-0.2, -0.15) is 0 Å². The number of aromatic nitrogens is 1. The van der Waals surface area contributed by atoms with Gasteiger partial charge in [-0.15, -0.1) is 0 Å². The highest BCUT2D eigenvalue weighted by molar-refractivity contribution is 7.89. The van der Waals surface area contributed by atoms with Gasteiger partial charge in [0.15, 0.2) is 0 Å². The summed E-state index contributed by atoms with van der Waals surface area (Å²) < 4.78 is 23.4. The van der Waals surface area contributed by atoms with Crippen LogP contribution in [0.5, 0.6) is 0 Å². The van der Waals surface area contributed by atoms with Crippen LogP contribution in [0, 0.1) is 13.8 Å². The lowest BCUT2D eigenvalue weighted by atomic mass is 10.0. The second kappa shape index (κ2) is 7.94. The molecule has 156 valence electrons. The Morgan fingerprint density at radius 3 is 2.45 bits per heavy atom. The maximum Gasteiger partial charge on any atom is 0.256 e. The van der Waals surface area contributed by atoms with Gasteiger partial charge in [0, 0.05) is 16.6 Å². The summed E-state index contributed by atoms with van der Waals surface area (Å²) in [5, 5.41) is 8.78. The number of hydrogen-bond donors (Lipinski definition) is 2. The SMILES string of the molecule is Cc1cccc(-c2cc(C(=O)Nc3cc(S(N)(=O)=O)ccc3C)c3ccccc3n2)c1. The molecule has 1 aromatic heterocycles. The van der Waals surface area contributed by atoms with Crippen molar-refractivity contribution in [3.8, 4) is 11.3 Å². The van der Waals surface area contributed by atoms with Crippen LogP contribution in [0.2, 0.25) is 0 Å². The van der Waals surface area contributed by atoms with Crippen LogP contribution in [0.25, 0.3) is 22.2 Å². The van der Waals surface area contributed by atoms with E-state index in [1.165, 1.54) is 12.1 Å². The quantitative estimate of drug-likeness (QED) is 0.499. The maximum absolute atomic E-state index is 13.3. The van der Waals surface area contributed by atoms with Crippen LogP contribution >= 0.6 is 0 Å². The van der Waals surface area contributed by atoms with Gasteiger partial charge >= 0.3 is 0 Å². The zero-order valence-corrected chi connectivity index (χ0v) is 17.9. The molecule has 0 aliphatic heterocycles. The molecule has 0 atom stereocenters. The van der Waals surface area contributed by atoms with Crippen molar-refractivity contribution in [1.29, 1.82) is 0 Å². The van der Waals surface area contributed by atoms with Crippen LogP contribution in [-0.2, 0) is 10.0 Å². The smallest absolute Gasteiger partial charge is 0.256 e. The third-order valence-corrected chi connectivity index (χ3v) is 5.97. The van der Waals surface area contributed by atoms with Gasteiger partial charge in [0.2, 0.25) is 10.0 Å². The molecule has 1 heterocycles. The Balaban J connectivity index is 1.81. The van der Waals surface area contributed by atoms with Crippen LogP contribution in [0.3, 0.4) is 0 Å². The van der Waals surface area contributed by atoms with Crippen LogP contribution in [0.1, 0.15) is 21.5 Å². The van der Waals surface area contributed by atoms with Gasteiger partial charge in [0.05, 0.1) is 21.7 Å². The average Bonchev–Trinajstić information content (AvgIpc) is 2.73. The number of carbonyl (C=O) groups excluding carboxylic acids is 1. The number of primary sulfonamides is 1. The first kappa shape index (κ1) is 20.7. The number of nitrogens with one attached hydrogen (secondary N) is 1. The van der Waals surface area contributed by atoms with Gasteiger partial charge in [-0.25, -0.2) is 18.5 Å². The fourth-order valence-corrected chi connectivity index (χ4v) is 3.96. The van der Waals surface area contributed by atoms with Crippen LogP contribution in [-0.4, -0.2) is 19.3 Å². The van der Waals surface area contributed by atoms with E-state index in [0.29, 0.717) is 27.8 Å². The topological polar surface area (TPSA) is 102 Å². The van der Waals surface area contributed by atoms with E-state index in [-0.39, 0.29) is 10.8 Å². The fraction of sp³-hybridized carbons (Fsp3) is 0.0833. The number of pyridine rings is 1. The maximum atomic E-state index is 13.3. The van der Waals surface area contributed by atoms with Crippen molar-refractivity contribution < 1.29 is 13.2 Å². The number of nitrogens with zero attached hydrogens (tertiary/aromatic N) is 1. The van der Waals surface area contributed by atoms with E-state index in [9.17, 15) is 13.2 Å². The molecule has 0 spiro atoms. The summed E-state index contributed by atoms with van der Waals surface area (Å²) in [6, 6.07) is 21.5. The van der Waals surface area contributed by atoms with Crippen molar-refractivity contribution in [3.05, 3.63) is 89.5 Å². The summed E-state index contributed by atoms with van der Waals surface area (Å²) >= 11 is 0. The second-order valence-electron chi connectivity index (χ2n) is 7.42. The highest BCUT2D eigenvalue weighted by atomic mass is 32.2. The Bertz CT molecular complexity index is 1430. The van der Waals surface area contributed by atoms with Gasteiger partial charge < -0.3 is 5.32 Å². The predicted molar refractivity (Wildman–Crippen MR) is 122 cm³/mol. The fourth-order valence-electron chi connectivity index (χ4n) is 3.42. The third kappa shape index (κ3) is 4.33. The minimum atomic E-state index is -3.89. The number of nitrogens with two attached hydrogens (primary N) is 1. The Morgan fingerprint density at radius 1 is 0.935 bits per heavy atom. The van der Waals surface area contributed by atoms with Crippen LogP contribution < -0.4 is 10.5 Å². The van der Waals surface area contributed by atoms with Crippen LogP contribution in [0.4, 0.5) is 5.69 Å². The number of hydrogen-bond acceptors (Lipinski definition) is 4. The van der Waals surface area contributed by atoms with Gasteiger partial charge in [0.25, 0.3) is 5.91 Å². The summed E-state index contributed by atoms with van der Waals surface area (Å²) in [6.07, 6.45) is 0. The molecular formula is C24H21N3O3S. The molecule has 31 heavy (non-hydrogen) atoms. The molecule has 1 amide bonds. The summed E-state index contributed by atoms with van der Waals surface area (Å²) in [5.74, 6) is -0.359. The van der Waals surface area contributed by atoms with E-state index in [1.807, 2.05) is 55.5 Å². The predicted octanol–water partition coefficient (Wildman–Crippen LogP) is 4.42. The van der Waals surface area contributed by atoms with E-state index < -0.39 is 10.0 Å². The third-order valence-electron chi connectivity index (χ3n) is 5.06. The minimum absolute atomic E-state index is 0.0616. The largest absolute Gasteiger partial charge is 0.322 e. The number of aryl methyl sites for hydroxylation is 2. The molecule has 0 saturated heterocycles. The number of carbonyl (C=O) groups is 1. The molecule has 4 rings (SSSR count). The molecular weight excluding hydrogens is 410 g/mol. The molecule has 4 aromatic rings. The van der Waals surface area contributed by atoms with E-state index in [0.717, 1.165) is 16.7 Å². The Labute approximate surface area is 180 Å². The number of amides is 1. The summed E-state index contributed by atoms with van der Waals surface area (Å²) in [7, 11) is -3.89. The molecule has 0 radical (unpaired) electrons. The monoisotopic (exact) mass is 431 g/mol. The molecule has 6 nitrogen and oxygen atoms in total. The Hall–Kier alpha value is -3.55. The molecule has 7 heteroatoms. The minimum Gasteiger partial charge on any atom is -0.322 e. The van der Waals surface area contributed by atoms with Crippen molar-refractivity contribution in [2.45, 2.75) is 18.7 Å². The van der Waals surface area contributed by atoms with E-state index in [4.69, 9.17) is 10.1 Å². The van der Waals surface area contributed by atoms with Crippen molar-refractivity contribution in [3.63, 3.8) is 0 Å². The summed E-state index contributed by atoms with van der Waals surface area (Å²) in [5.41, 5.74) is 4.93. The molecule has 3 aromatic carbocycles. The first-order chi connectivity index (χ1) is 14.7. The number of rotatable bonds is 4. The Morgan fingerprint density at radius 2 is 1.71 bits per heavy atom. The van der Waals surface area contributed by atoms with Gasteiger partial charge in [-0.1, -0.05) is 48.0 Å². The average molecular weight is 432 g/mol. The molecule has 0 saturated carbocycles. The van der Waals surface area contributed by atoms with E-state index in [1.54, 1.807) is 19.1 Å². The zero-order chi connectivity index (χ0) is 22.2. The van der Waals surface area contributed by atoms with Gasteiger partial charge in [0.1, 0.15) is 0 Å². The molecule has 0 bridgehead atoms. The normalized spacial score (nSPS) is 11.5.